The highest BCUT2D eigenvalue weighted by atomic mass is 35.5. The average Bonchev–Trinajstić information content (AvgIpc) is 3.44. The molecule has 4 rings (SSSR count). The van der Waals surface area contributed by atoms with Gasteiger partial charge in [0, 0.05) is 19.0 Å². The topological polar surface area (TPSA) is 52.6 Å². The molecule has 0 radical (unpaired) electrons. The smallest absolute Gasteiger partial charge is 0.416 e. The fourth-order valence-electron chi connectivity index (χ4n) is 4.59. The van der Waals surface area contributed by atoms with E-state index in [0.717, 1.165) is 50.5 Å². The number of nitrogens with zero attached hydrogens (tertiary/aromatic N) is 1. The van der Waals surface area contributed by atoms with E-state index >= 15 is 0 Å². The Balaban J connectivity index is 1.28. The van der Waals surface area contributed by atoms with Gasteiger partial charge in [0.1, 0.15) is 5.75 Å². The molecule has 0 bridgehead atoms. The summed E-state index contributed by atoms with van der Waals surface area (Å²) < 4.78 is 39.4. The van der Waals surface area contributed by atoms with Gasteiger partial charge < -0.3 is 10.4 Å². The van der Waals surface area contributed by atoms with Crippen LogP contribution >= 0.6 is 11.6 Å². The van der Waals surface area contributed by atoms with Crippen LogP contribution in [0.3, 0.4) is 0 Å². The van der Waals surface area contributed by atoms with Gasteiger partial charge in [0.2, 0.25) is 5.91 Å². The zero-order chi connectivity index (χ0) is 22.2. The van der Waals surface area contributed by atoms with Crippen LogP contribution in [0.5, 0.6) is 5.75 Å². The number of rotatable bonds is 5. The summed E-state index contributed by atoms with van der Waals surface area (Å²) >= 11 is 5.97. The lowest BCUT2D eigenvalue weighted by Crippen LogP contribution is -2.36. The maximum atomic E-state index is 13.1. The second-order valence-corrected chi connectivity index (χ2v) is 8.96. The van der Waals surface area contributed by atoms with Gasteiger partial charge in [-0.15, -0.1) is 0 Å². The summed E-state index contributed by atoms with van der Waals surface area (Å²) in [5.74, 6) is -0.223. The maximum absolute atomic E-state index is 13.1. The van der Waals surface area contributed by atoms with Crippen LogP contribution in [0, 0.1) is 11.3 Å². The largest absolute Gasteiger partial charge is 0.506 e. The fraction of sp³-hybridized carbons (Fsp3) is 0.435. The van der Waals surface area contributed by atoms with Crippen LogP contribution in [-0.4, -0.2) is 29.0 Å². The van der Waals surface area contributed by atoms with E-state index < -0.39 is 11.7 Å². The van der Waals surface area contributed by atoms with Crippen molar-refractivity contribution in [2.45, 2.75) is 38.5 Å². The van der Waals surface area contributed by atoms with Crippen molar-refractivity contribution in [3.05, 3.63) is 64.2 Å². The molecule has 1 aliphatic carbocycles. The molecule has 1 saturated carbocycles. The Labute approximate surface area is 184 Å². The number of alkyl halides is 3. The summed E-state index contributed by atoms with van der Waals surface area (Å²) in [6.45, 7) is 2.30. The molecule has 31 heavy (non-hydrogen) atoms. The Morgan fingerprint density at radius 1 is 1.19 bits per heavy atom. The molecule has 8 heteroatoms. The monoisotopic (exact) mass is 452 g/mol. The van der Waals surface area contributed by atoms with Gasteiger partial charge in [-0.05, 0) is 67.1 Å². The summed E-state index contributed by atoms with van der Waals surface area (Å²) in [4.78, 5) is 14.9. The van der Waals surface area contributed by atoms with Crippen molar-refractivity contribution in [3.8, 4) is 5.75 Å². The Bertz CT molecular complexity index is 972. The minimum atomic E-state index is -4.43. The Morgan fingerprint density at radius 3 is 2.58 bits per heavy atom. The summed E-state index contributed by atoms with van der Waals surface area (Å²) in [6.07, 6.45) is -1.87. The standard InChI is InChI=1S/C23H24ClF3N2O2/c24-19-11-15(5-6-20(19)30)14-29-9-7-22(8-10-29)12-18(22)21(31)28-13-16-3-1-2-4-17(16)23(25,26)27/h1-6,11,18,30H,7-10,12-14H2,(H,28,31)/t18-/m0/s1. The van der Waals surface area contributed by atoms with Crippen LogP contribution in [0.25, 0.3) is 0 Å². The Hall–Kier alpha value is -2.25. The minimum absolute atomic E-state index is 0.0310. The first-order valence-electron chi connectivity index (χ1n) is 10.3. The number of halogens is 4. The third-order valence-electron chi connectivity index (χ3n) is 6.55. The molecule has 4 nitrogen and oxygen atoms in total. The first-order valence-corrected chi connectivity index (χ1v) is 10.7. The zero-order valence-corrected chi connectivity index (χ0v) is 17.6. The number of likely N-dealkylation sites (tertiary alicyclic amines) is 1. The molecule has 2 fully saturated rings. The van der Waals surface area contributed by atoms with E-state index in [4.69, 9.17) is 11.6 Å². The number of amides is 1. The van der Waals surface area contributed by atoms with E-state index in [1.807, 2.05) is 6.07 Å². The van der Waals surface area contributed by atoms with E-state index in [-0.39, 0.29) is 35.1 Å². The highest BCUT2D eigenvalue weighted by Gasteiger charge is 2.58. The fourth-order valence-corrected chi connectivity index (χ4v) is 4.79. The van der Waals surface area contributed by atoms with Gasteiger partial charge >= 0.3 is 6.18 Å². The summed E-state index contributed by atoms with van der Waals surface area (Å²) in [7, 11) is 0. The van der Waals surface area contributed by atoms with Crippen LogP contribution in [0.4, 0.5) is 13.2 Å². The second kappa shape index (κ2) is 8.36. The molecule has 1 saturated heterocycles. The number of benzene rings is 2. The van der Waals surface area contributed by atoms with Crippen molar-refractivity contribution in [1.82, 2.24) is 10.2 Å². The predicted octanol–water partition coefficient (Wildman–Crippen LogP) is 4.98. The number of hydrogen-bond acceptors (Lipinski definition) is 3. The van der Waals surface area contributed by atoms with Gasteiger partial charge in [0.05, 0.1) is 10.6 Å². The summed E-state index contributed by atoms with van der Waals surface area (Å²) in [5.41, 5.74) is 0.368. The van der Waals surface area contributed by atoms with Gasteiger partial charge in [-0.2, -0.15) is 13.2 Å². The molecular formula is C23H24ClF3N2O2. The average molecular weight is 453 g/mol. The first kappa shape index (κ1) is 22.0. The molecule has 2 N–H and O–H groups in total. The van der Waals surface area contributed by atoms with Crippen molar-refractivity contribution in [2.24, 2.45) is 11.3 Å². The number of hydrogen-bond donors (Lipinski definition) is 2. The van der Waals surface area contributed by atoms with Crippen molar-refractivity contribution in [3.63, 3.8) is 0 Å². The molecule has 1 heterocycles. The number of phenolic OH excluding ortho intramolecular Hbond substituents is 1. The number of nitrogens with one attached hydrogen (secondary N) is 1. The molecule has 0 unspecified atom stereocenters. The van der Waals surface area contributed by atoms with Crippen LogP contribution in [0.2, 0.25) is 5.02 Å². The molecule has 2 aliphatic rings. The van der Waals surface area contributed by atoms with E-state index in [1.54, 1.807) is 18.2 Å². The van der Waals surface area contributed by atoms with E-state index in [1.165, 1.54) is 12.1 Å². The zero-order valence-electron chi connectivity index (χ0n) is 16.9. The molecule has 1 spiro atoms. The van der Waals surface area contributed by atoms with Crippen LogP contribution in [0.1, 0.15) is 36.0 Å². The second-order valence-electron chi connectivity index (χ2n) is 8.55. The maximum Gasteiger partial charge on any atom is 0.416 e. The van der Waals surface area contributed by atoms with E-state index in [2.05, 4.69) is 10.2 Å². The first-order chi connectivity index (χ1) is 14.7. The molecule has 1 atom stereocenters. The van der Waals surface area contributed by atoms with Crippen LogP contribution in [-0.2, 0) is 24.1 Å². The normalized spacial score (nSPS) is 20.6. The number of aromatic hydroxyl groups is 1. The number of carbonyl (C=O) groups excluding carboxylic acids is 1. The quantitative estimate of drug-likeness (QED) is 0.672. The van der Waals surface area contributed by atoms with Gasteiger partial charge in [0.25, 0.3) is 0 Å². The van der Waals surface area contributed by atoms with Gasteiger partial charge in [-0.3, -0.25) is 9.69 Å². The highest BCUT2D eigenvalue weighted by Crippen LogP contribution is 2.59. The third kappa shape index (κ3) is 4.83. The molecule has 2 aromatic carbocycles. The van der Waals surface area contributed by atoms with Crippen molar-refractivity contribution in [2.75, 3.05) is 13.1 Å². The van der Waals surface area contributed by atoms with Crippen LogP contribution < -0.4 is 5.32 Å². The molecule has 1 amide bonds. The van der Waals surface area contributed by atoms with Crippen molar-refractivity contribution >= 4 is 17.5 Å². The molecule has 1 aliphatic heterocycles. The SMILES string of the molecule is O=C(NCc1ccccc1C(F)(F)F)[C@@H]1CC12CCN(Cc1ccc(O)c(Cl)c1)CC2. The third-order valence-corrected chi connectivity index (χ3v) is 6.85. The number of phenols is 1. The Morgan fingerprint density at radius 2 is 1.90 bits per heavy atom. The molecular weight excluding hydrogens is 429 g/mol. The lowest BCUT2D eigenvalue weighted by atomic mass is 9.90. The molecule has 2 aromatic rings. The predicted molar refractivity (Wildman–Crippen MR) is 111 cm³/mol. The lowest BCUT2D eigenvalue weighted by Gasteiger charge is -2.32. The summed E-state index contributed by atoms with van der Waals surface area (Å²) in [6, 6.07) is 10.5. The highest BCUT2D eigenvalue weighted by molar-refractivity contribution is 6.32. The Kier molecular flexibility index (Phi) is 5.92. The molecule has 166 valence electrons. The van der Waals surface area contributed by atoms with Crippen molar-refractivity contribution in [1.29, 1.82) is 0 Å². The molecule has 0 aromatic heterocycles. The number of carbonyl (C=O) groups is 1. The van der Waals surface area contributed by atoms with Crippen LogP contribution in [0.15, 0.2) is 42.5 Å². The van der Waals surface area contributed by atoms with E-state index in [9.17, 15) is 23.1 Å². The number of piperidine rings is 1. The minimum Gasteiger partial charge on any atom is -0.506 e. The van der Waals surface area contributed by atoms with Gasteiger partial charge in [0.15, 0.2) is 0 Å². The van der Waals surface area contributed by atoms with Crippen molar-refractivity contribution < 1.29 is 23.1 Å². The summed E-state index contributed by atoms with van der Waals surface area (Å²) in [5, 5.41) is 12.6. The lowest BCUT2D eigenvalue weighted by molar-refractivity contribution is -0.138. The van der Waals surface area contributed by atoms with E-state index in [0.29, 0.717) is 5.02 Å². The van der Waals surface area contributed by atoms with Gasteiger partial charge in [-0.25, -0.2) is 0 Å². The van der Waals surface area contributed by atoms with Gasteiger partial charge in [-0.1, -0.05) is 35.9 Å².